The Morgan fingerprint density at radius 2 is 2.15 bits per heavy atom. The normalized spacial score (nSPS) is 10.5. The highest BCUT2D eigenvalue weighted by Crippen LogP contribution is 2.14. The molecule has 0 aliphatic carbocycles. The number of aromatic nitrogens is 1. The van der Waals surface area contributed by atoms with Gasteiger partial charge < -0.3 is 10.1 Å². The molecular weight excluding hydrogens is 232 g/mol. The summed E-state index contributed by atoms with van der Waals surface area (Å²) < 4.78 is 2.82. The summed E-state index contributed by atoms with van der Waals surface area (Å²) >= 11 is 3.34. The number of hydrogen-bond acceptors (Lipinski definition) is 1. The second-order valence-electron chi connectivity index (χ2n) is 2.77. The summed E-state index contributed by atoms with van der Waals surface area (Å²) in [6.07, 6.45) is 3.59. The van der Waals surface area contributed by atoms with Gasteiger partial charge in [0.2, 0.25) is 5.91 Å². The molecule has 0 aliphatic heterocycles. The van der Waals surface area contributed by atoms with Crippen molar-refractivity contribution in [1.82, 2.24) is 4.40 Å². The molecule has 66 valence electrons. The van der Waals surface area contributed by atoms with Gasteiger partial charge in [0.25, 0.3) is 0 Å². The lowest BCUT2D eigenvalue weighted by atomic mass is 10.3. The molecule has 2 rings (SSSR count). The Hall–Kier alpha value is -1.29. The fourth-order valence-electron chi connectivity index (χ4n) is 1.22. The van der Waals surface area contributed by atoms with Gasteiger partial charge in [-0.05, 0) is 34.1 Å². The van der Waals surface area contributed by atoms with Crippen molar-refractivity contribution < 1.29 is 4.79 Å². The number of hydrogen-bond donors (Lipinski definition) is 1. The largest absolute Gasteiger partial charge is 0.366 e. The van der Waals surface area contributed by atoms with E-state index in [1.165, 1.54) is 0 Å². The predicted molar refractivity (Wildman–Crippen MR) is 53.6 cm³/mol. The maximum atomic E-state index is 10.9. The van der Waals surface area contributed by atoms with Gasteiger partial charge in [-0.2, -0.15) is 0 Å². The molecule has 0 bridgehead atoms. The Labute approximate surface area is 83.3 Å². The summed E-state index contributed by atoms with van der Waals surface area (Å²) in [6.45, 7) is 0. The predicted octanol–water partition coefficient (Wildman–Crippen LogP) is 1.80. The first-order valence-corrected chi connectivity index (χ1v) is 4.53. The number of primary amides is 1. The molecule has 1 amide bonds. The summed E-state index contributed by atoms with van der Waals surface area (Å²) in [5.74, 6) is -0.403. The molecule has 0 fully saturated rings. The van der Waals surface area contributed by atoms with E-state index in [1.807, 2.05) is 22.7 Å². The van der Waals surface area contributed by atoms with Gasteiger partial charge in [0.15, 0.2) is 0 Å². The lowest BCUT2D eigenvalue weighted by Gasteiger charge is -1.93. The first-order chi connectivity index (χ1) is 6.16. The highest BCUT2D eigenvalue weighted by molar-refractivity contribution is 9.10. The van der Waals surface area contributed by atoms with Gasteiger partial charge in [0.05, 0.1) is 5.56 Å². The second kappa shape index (κ2) is 2.88. The molecule has 0 unspecified atom stereocenters. The molecule has 3 nitrogen and oxygen atoms in total. The van der Waals surface area contributed by atoms with Crippen molar-refractivity contribution >= 4 is 27.4 Å². The third-order valence-electron chi connectivity index (χ3n) is 1.84. The highest BCUT2D eigenvalue weighted by Gasteiger charge is 2.03. The van der Waals surface area contributed by atoms with E-state index in [0.29, 0.717) is 5.56 Å². The van der Waals surface area contributed by atoms with Crippen LogP contribution in [0, 0.1) is 0 Å². The van der Waals surface area contributed by atoms with Gasteiger partial charge in [-0.15, -0.1) is 0 Å². The van der Waals surface area contributed by atoms with Crippen LogP contribution in [0.25, 0.3) is 5.52 Å². The molecule has 4 heteroatoms. The molecular formula is C9H7BrN2O. The SMILES string of the molecule is NC(=O)c1cc2ccc(Br)cn2c1. The maximum absolute atomic E-state index is 10.9. The van der Waals surface area contributed by atoms with E-state index in [4.69, 9.17) is 5.73 Å². The van der Waals surface area contributed by atoms with Crippen LogP contribution in [0.2, 0.25) is 0 Å². The summed E-state index contributed by atoms with van der Waals surface area (Å²) in [5.41, 5.74) is 6.63. The molecule has 2 aromatic heterocycles. The average molecular weight is 239 g/mol. The van der Waals surface area contributed by atoms with Gasteiger partial charge in [0.1, 0.15) is 0 Å². The van der Waals surface area contributed by atoms with Gasteiger partial charge in [-0.25, -0.2) is 0 Å². The average Bonchev–Trinajstić information content (AvgIpc) is 2.46. The van der Waals surface area contributed by atoms with E-state index in [-0.39, 0.29) is 0 Å². The number of nitrogens with zero attached hydrogens (tertiary/aromatic N) is 1. The van der Waals surface area contributed by atoms with E-state index in [9.17, 15) is 4.79 Å². The van der Waals surface area contributed by atoms with Crippen molar-refractivity contribution in [2.75, 3.05) is 0 Å². The fraction of sp³-hybridized carbons (Fsp3) is 0. The molecule has 2 aromatic rings. The van der Waals surface area contributed by atoms with Gasteiger partial charge >= 0.3 is 0 Å². The Morgan fingerprint density at radius 1 is 1.38 bits per heavy atom. The third kappa shape index (κ3) is 1.45. The van der Waals surface area contributed by atoms with Crippen LogP contribution in [0.5, 0.6) is 0 Å². The van der Waals surface area contributed by atoms with Crippen molar-refractivity contribution in [2.45, 2.75) is 0 Å². The van der Waals surface area contributed by atoms with Crippen LogP contribution in [0.4, 0.5) is 0 Å². The minimum absolute atomic E-state index is 0.403. The summed E-state index contributed by atoms with van der Waals surface area (Å²) in [6, 6.07) is 5.59. The molecule has 2 heterocycles. The summed E-state index contributed by atoms with van der Waals surface area (Å²) in [7, 11) is 0. The van der Waals surface area contributed by atoms with Gasteiger partial charge in [-0.1, -0.05) is 0 Å². The Morgan fingerprint density at radius 3 is 2.85 bits per heavy atom. The van der Waals surface area contributed by atoms with Crippen LogP contribution in [-0.2, 0) is 0 Å². The smallest absolute Gasteiger partial charge is 0.250 e. The minimum atomic E-state index is -0.403. The molecule has 0 radical (unpaired) electrons. The highest BCUT2D eigenvalue weighted by atomic mass is 79.9. The number of fused-ring (bicyclic) bond motifs is 1. The summed E-state index contributed by atoms with van der Waals surface area (Å²) in [4.78, 5) is 10.9. The maximum Gasteiger partial charge on any atom is 0.250 e. The summed E-state index contributed by atoms with van der Waals surface area (Å²) in [5, 5.41) is 0. The number of halogens is 1. The number of carbonyl (C=O) groups is 1. The van der Waals surface area contributed by atoms with E-state index in [2.05, 4.69) is 15.9 Å². The van der Waals surface area contributed by atoms with Gasteiger partial charge in [0, 0.05) is 22.4 Å². The topological polar surface area (TPSA) is 47.5 Å². The van der Waals surface area contributed by atoms with Crippen molar-refractivity contribution in [3.05, 3.63) is 40.6 Å². The molecule has 0 saturated carbocycles. The van der Waals surface area contributed by atoms with Crippen molar-refractivity contribution in [3.8, 4) is 0 Å². The number of nitrogens with two attached hydrogens (primary N) is 1. The quantitative estimate of drug-likeness (QED) is 0.810. The zero-order chi connectivity index (χ0) is 9.42. The third-order valence-corrected chi connectivity index (χ3v) is 2.31. The number of rotatable bonds is 1. The first-order valence-electron chi connectivity index (χ1n) is 3.74. The van der Waals surface area contributed by atoms with Crippen LogP contribution in [0.1, 0.15) is 10.4 Å². The van der Waals surface area contributed by atoms with Crippen molar-refractivity contribution in [3.63, 3.8) is 0 Å². The Bertz CT molecular complexity index is 475. The Kier molecular flexibility index (Phi) is 1.84. The van der Waals surface area contributed by atoms with Gasteiger partial charge in [-0.3, -0.25) is 4.79 Å². The lowest BCUT2D eigenvalue weighted by molar-refractivity contribution is 0.100. The van der Waals surface area contributed by atoms with E-state index in [0.717, 1.165) is 9.99 Å². The Balaban J connectivity index is 2.68. The molecule has 0 spiro atoms. The number of pyridine rings is 1. The molecule has 13 heavy (non-hydrogen) atoms. The molecule has 0 atom stereocenters. The standard InChI is InChI=1S/C9H7BrN2O/c10-7-1-2-8-3-6(9(11)13)4-12(8)5-7/h1-5H,(H2,11,13). The molecule has 0 aromatic carbocycles. The second-order valence-corrected chi connectivity index (χ2v) is 3.69. The van der Waals surface area contributed by atoms with Crippen LogP contribution in [0.3, 0.4) is 0 Å². The first kappa shape index (κ1) is 8.31. The fourth-order valence-corrected chi connectivity index (χ4v) is 1.57. The number of carbonyl (C=O) groups excluding carboxylic acids is 1. The van der Waals surface area contributed by atoms with Crippen molar-refractivity contribution in [1.29, 1.82) is 0 Å². The lowest BCUT2D eigenvalue weighted by Crippen LogP contribution is -2.09. The zero-order valence-corrected chi connectivity index (χ0v) is 8.28. The molecule has 2 N–H and O–H groups in total. The zero-order valence-electron chi connectivity index (χ0n) is 6.70. The van der Waals surface area contributed by atoms with Crippen LogP contribution in [-0.4, -0.2) is 10.3 Å². The van der Waals surface area contributed by atoms with Crippen LogP contribution < -0.4 is 5.73 Å². The van der Waals surface area contributed by atoms with Crippen LogP contribution >= 0.6 is 15.9 Å². The van der Waals surface area contributed by atoms with E-state index < -0.39 is 5.91 Å². The monoisotopic (exact) mass is 238 g/mol. The number of amides is 1. The van der Waals surface area contributed by atoms with E-state index >= 15 is 0 Å². The van der Waals surface area contributed by atoms with Crippen molar-refractivity contribution in [2.24, 2.45) is 5.73 Å². The molecule has 0 aliphatic rings. The minimum Gasteiger partial charge on any atom is -0.366 e. The molecule has 0 saturated heterocycles. The van der Waals surface area contributed by atoms with E-state index in [1.54, 1.807) is 12.3 Å². The van der Waals surface area contributed by atoms with Crippen LogP contribution in [0.15, 0.2) is 35.1 Å².